The van der Waals surface area contributed by atoms with Crippen LogP contribution in [0, 0.1) is 20.8 Å². The number of fused-ring (bicyclic) bond motifs is 1. The van der Waals surface area contributed by atoms with Crippen molar-refractivity contribution in [3.63, 3.8) is 0 Å². The Morgan fingerprint density at radius 2 is 1.83 bits per heavy atom. The highest BCUT2D eigenvalue weighted by atomic mass is 16.2. The van der Waals surface area contributed by atoms with Gasteiger partial charge in [0.25, 0.3) is 0 Å². The van der Waals surface area contributed by atoms with E-state index in [1.807, 2.05) is 29.2 Å². The molecule has 3 aromatic rings. The second-order valence-corrected chi connectivity index (χ2v) is 6.79. The first kappa shape index (κ1) is 14.9. The molecule has 1 saturated heterocycles. The zero-order valence-corrected chi connectivity index (χ0v) is 14.3. The van der Waals surface area contributed by atoms with E-state index in [1.54, 1.807) is 0 Å². The lowest BCUT2D eigenvalue weighted by Gasteiger charge is -2.22. The molecule has 1 amide bonds. The SMILES string of the molecule is Cc1cc(C)c(N2CC(c3nc4ccccc4[nH]3)CC2=O)c(C)c1. The van der Waals surface area contributed by atoms with Crippen molar-refractivity contribution in [2.45, 2.75) is 33.1 Å². The highest BCUT2D eigenvalue weighted by Gasteiger charge is 2.34. The fraction of sp³-hybridized carbons (Fsp3) is 0.300. The quantitative estimate of drug-likeness (QED) is 0.776. The van der Waals surface area contributed by atoms with Crippen LogP contribution in [0.3, 0.4) is 0 Å². The molecular formula is C20H21N3O. The maximum absolute atomic E-state index is 12.6. The fourth-order valence-corrected chi connectivity index (χ4v) is 3.87. The summed E-state index contributed by atoms with van der Waals surface area (Å²) in [6, 6.07) is 12.3. The lowest BCUT2D eigenvalue weighted by atomic mass is 10.0. The molecule has 1 N–H and O–H groups in total. The van der Waals surface area contributed by atoms with E-state index in [2.05, 4.69) is 42.9 Å². The van der Waals surface area contributed by atoms with E-state index < -0.39 is 0 Å². The number of hydrogen-bond donors (Lipinski definition) is 1. The Hall–Kier alpha value is -2.62. The number of hydrogen-bond acceptors (Lipinski definition) is 2. The zero-order valence-electron chi connectivity index (χ0n) is 14.3. The van der Waals surface area contributed by atoms with Crippen LogP contribution in [0.5, 0.6) is 0 Å². The Bertz CT molecular complexity index is 885. The van der Waals surface area contributed by atoms with Crippen molar-refractivity contribution in [3.8, 4) is 0 Å². The topological polar surface area (TPSA) is 49.0 Å². The van der Waals surface area contributed by atoms with E-state index in [4.69, 9.17) is 0 Å². The molecule has 1 aliphatic rings. The summed E-state index contributed by atoms with van der Waals surface area (Å²) in [4.78, 5) is 22.6. The average molecular weight is 319 g/mol. The van der Waals surface area contributed by atoms with Crippen LogP contribution >= 0.6 is 0 Å². The van der Waals surface area contributed by atoms with Crippen LogP contribution in [0.2, 0.25) is 0 Å². The number of para-hydroxylation sites is 2. The molecule has 0 saturated carbocycles. The predicted molar refractivity (Wildman–Crippen MR) is 96.5 cm³/mol. The van der Waals surface area contributed by atoms with Gasteiger partial charge < -0.3 is 9.88 Å². The summed E-state index contributed by atoms with van der Waals surface area (Å²) in [5.41, 5.74) is 6.60. The molecule has 1 unspecified atom stereocenters. The number of amides is 1. The van der Waals surface area contributed by atoms with E-state index in [0.717, 1.165) is 33.7 Å². The predicted octanol–water partition coefficient (Wildman–Crippen LogP) is 4.01. The number of nitrogens with one attached hydrogen (secondary N) is 1. The number of carbonyl (C=O) groups is 1. The summed E-state index contributed by atoms with van der Waals surface area (Å²) in [5, 5.41) is 0. The van der Waals surface area contributed by atoms with Crippen LogP contribution < -0.4 is 4.90 Å². The molecule has 0 bridgehead atoms. The van der Waals surface area contributed by atoms with E-state index in [1.165, 1.54) is 5.56 Å². The standard InChI is InChI=1S/C20H21N3O/c1-12-8-13(2)19(14(3)9-12)23-11-15(10-18(23)24)20-21-16-6-4-5-7-17(16)22-20/h4-9,15H,10-11H2,1-3H3,(H,21,22). The van der Waals surface area contributed by atoms with Gasteiger partial charge in [0.15, 0.2) is 0 Å². The number of imidazole rings is 1. The van der Waals surface area contributed by atoms with Gasteiger partial charge in [-0.15, -0.1) is 0 Å². The Labute approximate surface area is 141 Å². The largest absolute Gasteiger partial charge is 0.342 e. The van der Waals surface area contributed by atoms with Gasteiger partial charge >= 0.3 is 0 Å². The lowest BCUT2D eigenvalue weighted by Crippen LogP contribution is -2.26. The molecule has 1 fully saturated rings. The first-order valence-electron chi connectivity index (χ1n) is 8.36. The van der Waals surface area contributed by atoms with Gasteiger partial charge in [0, 0.05) is 24.6 Å². The number of nitrogens with zero attached hydrogens (tertiary/aromatic N) is 2. The van der Waals surface area contributed by atoms with Crippen molar-refractivity contribution in [1.82, 2.24) is 9.97 Å². The van der Waals surface area contributed by atoms with Gasteiger partial charge in [-0.05, 0) is 44.0 Å². The Morgan fingerprint density at radius 1 is 1.12 bits per heavy atom. The van der Waals surface area contributed by atoms with E-state index in [9.17, 15) is 4.79 Å². The maximum Gasteiger partial charge on any atom is 0.227 e. The highest BCUT2D eigenvalue weighted by molar-refractivity contribution is 5.98. The van der Waals surface area contributed by atoms with Gasteiger partial charge in [-0.3, -0.25) is 4.79 Å². The van der Waals surface area contributed by atoms with E-state index >= 15 is 0 Å². The van der Waals surface area contributed by atoms with Crippen molar-refractivity contribution in [2.75, 3.05) is 11.4 Å². The van der Waals surface area contributed by atoms with E-state index in [0.29, 0.717) is 13.0 Å². The molecule has 1 aliphatic heterocycles. The second kappa shape index (κ2) is 5.48. The number of rotatable bonds is 2. The summed E-state index contributed by atoms with van der Waals surface area (Å²) in [6.45, 7) is 6.93. The van der Waals surface area contributed by atoms with Crippen molar-refractivity contribution >= 4 is 22.6 Å². The first-order chi connectivity index (χ1) is 11.5. The van der Waals surface area contributed by atoms with Gasteiger partial charge in [0.2, 0.25) is 5.91 Å². The fourth-order valence-electron chi connectivity index (χ4n) is 3.87. The lowest BCUT2D eigenvalue weighted by molar-refractivity contribution is -0.117. The smallest absolute Gasteiger partial charge is 0.227 e. The van der Waals surface area contributed by atoms with Crippen molar-refractivity contribution in [3.05, 3.63) is 58.9 Å². The first-order valence-corrected chi connectivity index (χ1v) is 8.36. The molecule has 1 aromatic heterocycles. The van der Waals surface area contributed by atoms with Crippen molar-refractivity contribution < 1.29 is 4.79 Å². The van der Waals surface area contributed by atoms with E-state index in [-0.39, 0.29) is 11.8 Å². The van der Waals surface area contributed by atoms with Crippen LogP contribution in [0.1, 0.15) is 34.9 Å². The Morgan fingerprint density at radius 3 is 2.54 bits per heavy atom. The average Bonchev–Trinajstić information content (AvgIpc) is 3.10. The number of carbonyl (C=O) groups excluding carboxylic acids is 1. The van der Waals surface area contributed by atoms with Gasteiger partial charge in [0.1, 0.15) is 5.82 Å². The summed E-state index contributed by atoms with van der Waals surface area (Å²) in [6.07, 6.45) is 0.507. The molecule has 0 aliphatic carbocycles. The molecular weight excluding hydrogens is 298 g/mol. The van der Waals surface area contributed by atoms with Crippen LogP contribution in [-0.2, 0) is 4.79 Å². The molecule has 122 valence electrons. The van der Waals surface area contributed by atoms with Crippen molar-refractivity contribution in [2.24, 2.45) is 0 Å². The van der Waals surface area contributed by atoms with Crippen LogP contribution in [0.4, 0.5) is 5.69 Å². The normalized spacial score (nSPS) is 17.9. The molecule has 2 heterocycles. The molecule has 4 rings (SSSR count). The van der Waals surface area contributed by atoms with Crippen LogP contribution in [-0.4, -0.2) is 22.4 Å². The Kier molecular flexibility index (Phi) is 3.41. The van der Waals surface area contributed by atoms with Crippen LogP contribution in [0.15, 0.2) is 36.4 Å². The third-order valence-electron chi connectivity index (χ3n) is 4.82. The number of aromatic amines is 1. The highest BCUT2D eigenvalue weighted by Crippen LogP contribution is 2.35. The number of benzene rings is 2. The molecule has 0 radical (unpaired) electrons. The summed E-state index contributed by atoms with van der Waals surface area (Å²) >= 11 is 0. The molecule has 4 nitrogen and oxygen atoms in total. The third-order valence-corrected chi connectivity index (χ3v) is 4.82. The van der Waals surface area contributed by atoms with Gasteiger partial charge in [0.05, 0.1) is 11.0 Å². The van der Waals surface area contributed by atoms with Gasteiger partial charge in [-0.25, -0.2) is 4.98 Å². The number of anilines is 1. The molecule has 4 heteroatoms. The summed E-state index contributed by atoms with van der Waals surface area (Å²) in [7, 11) is 0. The summed E-state index contributed by atoms with van der Waals surface area (Å²) in [5.74, 6) is 1.20. The van der Waals surface area contributed by atoms with Gasteiger partial charge in [-0.1, -0.05) is 29.8 Å². The monoisotopic (exact) mass is 319 g/mol. The molecule has 2 aromatic carbocycles. The zero-order chi connectivity index (χ0) is 16.8. The molecule has 24 heavy (non-hydrogen) atoms. The minimum atomic E-state index is 0.116. The second-order valence-electron chi connectivity index (χ2n) is 6.79. The minimum Gasteiger partial charge on any atom is -0.342 e. The van der Waals surface area contributed by atoms with Crippen LogP contribution in [0.25, 0.3) is 11.0 Å². The van der Waals surface area contributed by atoms with Crippen molar-refractivity contribution in [1.29, 1.82) is 0 Å². The Balaban J connectivity index is 1.68. The summed E-state index contributed by atoms with van der Waals surface area (Å²) < 4.78 is 0. The van der Waals surface area contributed by atoms with Gasteiger partial charge in [-0.2, -0.15) is 0 Å². The maximum atomic E-state index is 12.6. The molecule has 1 atom stereocenters. The number of aromatic nitrogens is 2. The number of aryl methyl sites for hydroxylation is 3. The third kappa shape index (κ3) is 2.39. The number of H-pyrrole nitrogens is 1. The molecule has 0 spiro atoms. The minimum absolute atomic E-state index is 0.116.